The Hall–Kier alpha value is -1.85. The molecule has 0 unspecified atom stereocenters. The zero-order chi connectivity index (χ0) is 13.6. The number of furan rings is 1. The molecule has 96 valence electrons. The highest BCUT2D eigenvalue weighted by atomic mass is 16.6. The van der Waals surface area contributed by atoms with Gasteiger partial charge >= 0.3 is 5.97 Å². The lowest BCUT2D eigenvalue weighted by atomic mass is 9.98. The summed E-state index contributed by atoms with van der Waals surface area (Å²) < 4.78 is 9.30. The van der Waals surface area contributed by atoms with Crippen LogP contribution in [0.1, 0.15) is 43.8 Å². The number of nitro groups is 1. The molecule has 0 radical (unpaired) electrons. The molecule has 6 nitrogen and oxygen atoms in total. The number of ether oxygens (including phenoxy) is 1. The molecule has 0 spiro atoms. The maximum Gasteiger partial charge on any atom is 0.373 e. The Labute approximate surface area is 99.7 Å². The fourth-order valence-electron chi connectivity index (χ4n) is 0.970. The molecule has 1 aromatic heterocycles. The third-order valence-corrected chi connectivity index (χ3v) is 2.15. The van der Waals surface area contributed by atoms with E-state index < -0.39 is 16.4 Å². The van der Waals surface area contributed by atoms with Crippen molar-refractivity contribution in [3.63, 3.8) is 0 Å². The van der Waals surface area contributed by atoms with Crippen LogP contribution in [0.3, 0.4) is 0 Å². The Morgan fingerprint density at radius 2 is 2.00 bits per heavy atom. The minimum absolute atomic E-state index is 0.0394. The molecular formula is C11H17NO5. The van der Waals surface area contributed by atoms with E-state index >= 15 is 0 Å². The monoisotopic (exact) mass is 243 g/mol. The van der Waals surface area contributed by atoms with Gasteiger partial charge in [-0.2, -0.15) is 0 Å². The van der Waals surface area contributed by atoms with Crippen LogP contribution in [0.25, 0.3) is 0 Å². The summed E-state index contributed by atoms with van der Waals surface area (Å²) in [5.41, 5.74) is -0.955. The van der Waals surface area contributed by atoms with Gasteiger partial charge in [0.15, 0.2) is 0 Å². The molecule has 0 saturated heterocycles. The minimum Gasteiger partial charge on any atom is -0.463 e. The third kappa shape index (κ3) is 3.30. The van der Waals surface area contributed by atoms with Crippen LogP contribution in [-0.4, -0.2) is 18.0 Å². The third-order valence-electron chi connectivity index (χ3n) is 2.15. The van der Waals surface area contributed by atoms with Gasteiger partial charge in [0.25, 0.3) is 0 Å². The predicted octanol–water partition coefficient (Wildman–Crippen LogP) is 2.60. The lowest BCUT2D eigenvalue weighted by molar-refractivity contribution is -0.569. The molecule has 0 aromatic carbocycles. The largest absolute Gasteiger partial charge is 0.463 e. The van der Waals surface area contributed by atoms with Crippen molar-refractivity contribution in [2.75, 3.05) is 7.11 Å². The van der Waals surface area contributed by atoms with Gasteiger partial charge in [0.1, 0.15) is 6.26 Å². The molecule has 0 saturated carbocycles. The summed E-state index contributed by atoms with van der Waals surface area (Å²) in [6, 6.07) is 1.31. The van der Waals surface area contributed by atoms with Crippen molar-refractivity contribution in [1.29, 1.82) is 0 Å². The first-order valence-electron chi connectivity index (χ1n) is 5.21. The van der Waals surface area contributed by atoms with Crippen molar-refractivity contribution in [1.82, 2.24) is 0 Å². The highest BCUT2D eigenvalue weighted by Gasteiger charge is 2.35. The summed E-state index contributed by atoms with van der Waals surface area (Å²) in [6.07, 6.45) is 1.19. The maximum absolute atomic E-state index is 11.0. The van der Waals surface area contributed by atoms with E-state index in [-0.39, 0.29) is 5.76 Å². The van der Waals surface area contributed by atoms with Gasteiger partial charge in [0, 0.05) is 24.8 Å². The van der Waals surface area contributed by atoms with Crippen LogP contribution >= 0.6 is 0 Å². The number of rotatable bonds is 3. The summed E-state index contributed by atoms with van der Waals surface area (Å²) in [7, 11) is 1.21. The first-order chi connectivity index (χ1) is 7.89. The summed E-state index contributed by atoms with van der Waals surface area (Å²) in [5.74, 6) is -0.692. The Balaban J connectivity index is 0.00000121. The van der Waals surface area contributed by atoms with Crippen molar-refractivity contribution in [2.45, 2.75) is 33.2 Å². The quantitative estimate of drug-likeness (QED) is 0.463. The smallest absolute Gasteiger partial charge is 0.373 e. The van der Waals surface area contributed by atoms with Gasteiger partial charge in [-0.25, -0.2) is 4.79 Å². The molecule has 0 fully saturated rings. The number of esters is 1. The van der Waals surface area contributed by atoms with Crippen LogP contribution < -0.4 is 0 Å². The zero-order valence-electron chi connectivity index (χ0n) is 10.6. The average Bonchev–Trinajstić information content (AvgIpc) is 2.80. The van der Waals surface area contributed by atoms with Crippen LogP contribution in [0.4, 0.5) is 0 Å². The molecule has 0 atom stereocenters. The number of methoxy groups -OCH3 is 1. The molecule has 0 bridgehead atoms. The second-order valence-corrected chi connectivity index (χ2v) is 3.51. The van der Waals surface area contributed by atoms with Crippen LogP contribution in [0.2, 0.25) is 0 Å². The molecule has 0 aliphatic rings. The molecule has 17 heavy (non-hydrogen) atoms. The van der Waals surface area contributed by atoms with Gasteiger partial charge in [-0.3, -0.25) is 10.1 Å². The normalized spacial score (nSPS) is 10.2. The summed E-state index contributed by atoms with van der Waals surface area (Å²) >= 11 is 0. The summed E-state index contributed by atoms with van der Waals surface area (Å²) in [5, 5.41) is 10.7. The molecule has 6 heteroatoms. The topological polar surface area (TPSA) is 82.6 Å². The SMILES string of the molecule is CC.COC(=O)c1cc(C(C)(C)[N+](=O)[O-])co1. The van der Waals surface area contributed by atoms with Crippen molar-refractivity contribution < 1.29 is 18.9 Å². The van der Waals surface area contributed by atoms with Gasteiger partial charge in [0.2, 0.25) is 11.3 Å². The number of carbonyl (C=O) groups excluding carboxylic acids is 1. The second kappa shape index (κ2) is 6.03. The molecular weight excluding hydrogens is 226 g/mol. The lowest BCUT2D eigenvalue weighted by Crippen LogP contribution is -2.27. The molecule has 0 aliphatic heterocycles. The van der Waals surface area contributed by atoms with E-state index in [2.05, 4.69) is 4.74 Å². The summed E-state index contributed by atoms with van der Waals surface area (Å²) in [6.45, 7) is 6.86. The highest BCUT2D eigenvalue weighted by molar-refractivity contribution is 5.86. The van der Waals surface area contributed by atoms with Gasteiger partial charge < -0.3 is 9.15 Å². The van der Waals surface area contributed by atoms with Crippen molar-refractivity contribution in [2.24, 2.45) is 0 Å². The molecule has 1 rings (SSSR count). The minimum atomic E-state index is -1.28. The van der Waals surface area contributed by atoms with Crippen molar-refractivity contribution in [3.8, 4) is 0 Å². The number of hydrogen-bond donors (Lipinski definition) is 0. The van der Waals surface area contributed by atoms with Crippen molar-refractivity contribution in [3.05, 3.63) is 33.8 Å². The summed E-state index contributed by atoms with van der Waals surface area (Å²) in [4.78, 5) is 21.3. The molecule has 0 N–H and O–H groups in total. The van der Waals surface area contributed by atoms with Crippen LogP contribution in [0.15, 0.2) is 16.7 Å². The predicted molar refractivity (Wildman–Crippen MR) is 61.4 cm³/mol. The van der Waals surface area contributed by atoms with E-state index in [1.807, 2.05) is 13.8 Å². The first kappa shape index (κ1) is 15.2. The Morgan fingerprint density at radius 1 is 1.47 bits per heavy atom. The van der Waals surface area contributed by atoms with E-state index in [0.717, 1.165) is 0 Å². The van der Waals surface area contributed by atoms with E-state index in [4.69, 9.17) is 4.42 Å². The molecule has 1 heterocycles. The lowest BCUT2D eigenvalue weighted by Gasteiger charge is -2.12. The number of nitrogens with zero attached hydrogens (tertiary/aromatic N) is 1. The van der Waals surface area contributed by atoms with Gasteiger partial charge in [-0.05, 0) is 0 Å². The van der Waals surface area contributed by atoms with Crippen molar-refractivity contribution >= 4 is 5.97 Å². The van der Waals surface area contributed by atoms with Gasteiger partial charge in [-0.15, -0.1) is 0 Å². The fraction of sp³-hybridized carbons (Fsp3) is 0.545. The van der Waals surface area contributed by atoms with Crippen LogP contribution in [0.5, 0.6) is 0 Å². The molecule has 0 aliphatic carbocycles. The molecule has 0 amide bonds. The Bertz CT molecular complexity index is 394. The van der Waals surface area contributed by atoms with E-state index in [1.165, 1.54) is 33.3 Å². The number of hydrogen-bond acceptors (Lipinski definition) is 5. The number of carbonyl (C=O) groups is 1. The van der Waals surface area contributed by atoms with Crippen LogP contribution in [0, 0.1) is 10.1 Å². The fourth-order valence-corrected chi connectivity index (χ4v) is 0.970. The standard InChI is InChI=1S/C9H11NO5.C2H6/c1-9(2,10(12)13)6-4-7(15-5-6)8(11)14-3;1-2/h4-5H,1-3H3;1-2H3. The first-order valence-corrected chi connectivity index (χ1v) is 5.21. The van der Waals surface area contributed by atoms with Gasteiger partial charge in [0.05, 0.1) is 12.7 Å². The highest BCUT2D eigenvalue weighted by Crippen LogP contribution is 2.25. The van der Waals surface area contributed by atoms with E-state index in [1.54, 1.807) is 0 Å². The second-order valence-electron chi connectivity index (χ2n) is 3.51. The Kier molecular flexibility index (Phi) is 5.37. The van der Waals surface area contributed by atoms with E-state index in [9.17, 15) is 14.9 Å². The van der Waals surface area contributed by atoms with E-state index in [0.29, 0.717) is 5.56 Å². The van der Waals surface area contributed by atoms with Crippen LogP contribution in [-0.2, 0) is 10.3 Å². The average molecular weight is 243 g/mol. The Morgan fingerprint density at radius 3 is 2.41 bits per heavy atom. The molecule has 1 aromatic rings. The van der Waals surface area contributed by atoms with Gasteiger partial charge in [-0.1, -0.05) is 13.8 Å². The maximum atomic E-state index is 11.0. The zero-order valence-corrected chi connectivity index (χ0v) is 10.6.